The number of hydrogen-bond acceptors (Lipinski definition) is 4. The van der Waals surface area contributed by atoms with Crippen LogP contribution in [0.15, 0.2) is 42.5 Å². The Hall–Kier alpha value is -2.20. The van der Waals surface area contributed by atoms with E-state index in [0.29, 0.717) is 12.5 Å². The summed E-state index contributed by atoms with van der Waals surface area (Å²) >= 11 is 0. The second-order valence-electron chi connectivity index (χ2n) is 7.39. The van der Waals surface area contributed by atoms with Gasteiger partial charge < -0.3 is 19.5 Å². The second kappa shape index (κ2) is 10.8. The average molecular weight is 372 g/mol. The van der Waals surface area contributed by atoms with E-state index < -0.39 is 0 Å². The predicted octanol–water partition coefficient (Wildman–Crippen LogP) is 5.20. The largest absolute Gasteiger partial charge is 0.493 e. The van der Waals surface area contributed by atoms with E-state index in [1.165, 1.54) is 5.56 Å². The summed E-state index contributed by atoms with van der Waals surface area (Å²) in [6.45, 7) is 10.7. The Kier molecular flexibility index (Phi) is 8.46. The molecule has 4 nitrogen and oxygen atoms in total. The van der Waals surface area contributed by atoms with Gasteiger partial charge in [0.25, 0.3) is 0 Å². The van der Waals surface area contributed by atoms with Gasteiger partial charge >= 0.3 is 0 Å². The first-order valence-corrected chi connectivity index (χ1v) is 9.74. The lowest BCUT2D eigenvalue weighted by Gasteiger charge is -2.16. The smallest absolute Gasteiger partial charge is 0.165 e. The van der Waals surface area contributed by atoms with Crippen LogP contribution in [0, 0.1) is 5.92 Å². The highest BCUT2D eigenvalue weighted by molar-refractivity contribution is 5.46. The second-order valence-corrected chi connectivity index (χ2v) is 7.39. The van der Waals surface area contributed by atoms with Crippen LogP contribution in [0.2, 0.25) is 0 Å². The molecule has 0 heterocycles. The van der Waals surface area contributed by atoms with Crippen molar-refractivity contribution in [1.82, 2.24) is 5.32 Å². The Morgan fingerprint density at radius 3 is 2.30 bits per heavy atom. The average Bonchev–Trinajstić information content (AvgIpc) is 2.63. The van der Waals surface area contributed by atoms with E-state index >= 15 is 0 Å². The highest BCUT2D eigenvalue weighted by Gasteiger charge is 2.11. The van der Waals surface area contributed by atoms with Crippen LogP contribution >= 0.6 is 0 Å². The van der Waals surface area contributed by atoms with Crippen molar-refractivity contribution in [2.45, 2.75) is 53.3 Å². The molecule has 0 radical (unpaired) electrons. The standard InChI is InChI=1S/C23H33NO3/c1-17(2)13-14-26-23-20(7-6-8-22(23)25-5)16-24-15-19-9-11-21(12-10-19)27-18(3)4/h6-12,17-18,24H,13-16H2,1-5H3. The molecular formula is C23H33NO3. The monoisotopic (exact) mass is 371 g/mol. The number of nitrogens with one attached hydrogen (secondary N) is 1. The third kappa shape index (κ3) is 7.14. The molecule has 0 aliphatic rings. The van der Waals surface area contributed by atoms with E-state index in [1.54, 1.807) is 7.11 Å². The first-order valence-electron chi connectivity index (χ1n) is 9.74. The van der Waals surface area contributed by atoms with Crippen molar-refractivity contribution in [2.24, 2.45) is 5.92 Å². The van der Waals surface area contributed by atoms with E-state index in [4.69, 9.17) is 14.2 Å². The van der Waals surface area contributed by atoms with Crippen molar-refractivity contribution in [3.05, 3.63) is 53.6 Å². The van der Waals surface area contributed by atoms with Gasteiger partial charge in [0, 0.05) is 18.7 Å². The molecule has 2 aromatic rings. The quantitative estimate of drug-likeness (QED) is 0.589. The Balaban J connectivity index is 1.94. The molecule has 0 saturated heterocycles. The van der Waals surface area contributed by atoms with Crippen LogP contribution in [0.3, 0.4) is 0 Å². The van der Waals surface area contributed by atoms with E-state index in [1.807, 2.05) is 38.1 Å². The minimum Gasteiger partial charge on any atom is -0.493 e. The van der Waals surface area contributed by atoms with Gasteiger partial charge in [0.2, 0.25) is 0 Å². The Bertz CT molecular complexity index is 681. The summed E-state index contributed by atoms with van der Waals surface area (Å²) < 4.78 is 17.2. The summed E-state index contributed by atoms with van der Waals surface area (Å²) in [7, 11) is 1.68. The lowest BCUT2D eigenvalue weighted by molar-refractivity contribution is 0.242. The molecule has 0 amide bonds. The number of rotatable bonds is 11. The van der Waals surface area contributed by atoms with Crippen LogP contribution in [0.1, 0.15) is 45.2 Å². The number of ether oxygens (including phenoxy) is 3. The maximum absolute atomic E-state index is 6.04. The summed E-state index contributed by atoms with van der Waals surface area (Å²) in [5.74, 6) is 3.15. The third-order valence-electron chi connectivity index (χ3n) is 4.16. The summed E-state index contributed by atoms with van der Waals surface area (Å²) in [4.78, 5) is 0. The van der Waals surface area contributed by atoms with Gasteiger partial charge in [-0.3, -0.25) is 0 Å². The number of hydrogen-bond donors (Lipinski definition) is 1. The minimum absolute atomic E-state index is 0.191. The Labute approximate surface area is 163 Å². The van der Waals surface area contributed by atoms with Gasteiger partial charge in [-0.2, -0.15) is 0 Å². The van der Waals surface area contributed by atoms with Crippen molar-refractivity contribution in [3.63, 3.8) is 0 Å². The van der Waals surface area contributed by atoms with Gasteiger partial charge in [-0.05, 0) is 49.9 Å². The molecule has 0 fully saturated rings. The molecule has 0 saturated carbocycles. The number of benzene rings is 2. The maximum atomic E-state index is 6.04. The topological polar surface area (TPSA) is 39.7 Å². The fourth-order valence-corrected chi connectivity index (χ4v) is 2.72. The van der Waals surface area contributed by atoms with Crippen molar-refractivity contribution in [2.75, 3.05) is 13.7 Å². The van der Waals surface area contributed by atoms with Gasteiger partial charge in [-0.1, -0.05) is 38.1 Å². The lowest BCUT2D eigenvalue weighted by Crippen LogP contribution is -2.14. The fraction of sp³-hybridized carbons (Fsp3) is 0.478. The molecule has 0 spiro atoms. The Morgan fingerprint density at radius 1 is 0.926 bits per heavy atom. The molecule has 0 aliphatic heterocycles. The zero-order valence-electron chi connectivity index (χ0n) is 17.2. The summed E-state index contributed by atoms with van der Waals surface area (Å²) in [6.07, 6.45) is 1.21. The molecule has 27 heavy (non-hydrogen) atoms. The lowest BCUT2D eigenvalue weighted by atomic mass is 10.1. The number of para-hydroxylation sites is 1. The van der Waals surface area contributed by atoms with E-state index in [-0.39, 0.29) is 6.10 Å². The van der Waals surface area contributed by atoms with Crippen molar-refractivity contribution in [1.29, 1.82) is 0 Å². The van der Waals surface area contributed by atoms with Gasteiger partial charge in [0.05, 0.1) is 19.8 Å². The summed E-state index contributed by atoms with van der Waals surface area (Å²) in [6, 6.07) is 14.3. The molecule has 0 bridgehead atoms. The van der Waals surface area contributed by atoms with E-state index in [2.05, 4.69) is 37.4 Å². The van der Waals surface area contributed by atoms with Gasteiger partial charge in [-0.25, -0.2) is 0 Å². The van der Waals surface area contributed by atoms with Gasteiger partial charge in [0.15, 0.2) is 11.5 Å². The first kappa shape index (κ1) is 21.1. The van der Waals surface area contributed by atoms with E-state index in [0.717, 1.165) is 42.3 Å². The molecule has 2 rings (SSSR count). The van der Waals surface area contributed by atoms with Gasteiger partial charge in [0.1, 0.15) is 5.75 Å². The van der Waals surface area contributed by atoms with Crippen LogP contribution in [0.25, 0.3) is 0 Å². The molecule has 4 heteroatoms. The highest BCUT2D eigenvalue weighted by atomic mass is 16.5. The highest BCUT2D eigenvalue weighted by Crippen LogP contribution is 2.31. The minimum atomic E-state index is 0.191. The van der Waals surface area contributed by atoms with Crippen LogP contribution in [0.5, 0.6) is 17.2 Å². The maximum Gasteiger partial charge on any atom is 0.165 e. The summed E-state index contributed by atoms with van der Waals surface area (Å²) in [5, 5.41) is 3.49. The van der Waals surface area contributed by atoms with Gasteiger partial charge in [-0.15, -0.1) is 0 Å². The first-order chi connectivity index (χ1) is 13.0. The fourth-order valence-electron chi connectivity index (χ4n) is 2.72. The van der Waals surface area contributed by atoms with Crippen LogP contribution in [-0.4, -0.2) is 19.8 Å². The van der Waals surface area contributed by atoms with E-state index in [9.17, 15) is 0 Å². The molecule has 1 N–H and O–H groups in total. The van der Waals surface area contributed by atoms with Crippen LogP contribution < -0.4 is 19.5 Å². The van der Waals surface area contributed by atoms with Crippen molar-refractivity contribution in [3.8, 4) is 17.2 Å². The van der Waals surface area contributed by atoms with Crippen LogP contribution in [0.4, 0.5) is 0 Å². The molecule has 0 unspecified atom stereocenters. The molecule has 148 valence electrons. The Morgan fingerprint density at radius 2 is 1.67 bits per heavy atom. The summed E-state index contributed by atoms with van der Waals surface area (Å²) in [5.41, 5.74) is 2.33. The molecule has 0 aromatic heterocycles. The van der Waals surface area contributed by atoms with Crippen LogP contribution in [-0.2, 0) is 13.1 Å². The number of methoxy groups -OCH3 is 1. The van der Waals surface area contributed by atoms with Crippen molar-refractivity contribution < 1.29 is 14.2 Å². The normalized spacial score (nSPS) is 11.1. The SMILES string of the molecule is COc1cccc(CNCc2ccc(OC(C)C)cc2)c1OCCC(C)C. The third-order valence-corrected chi connectivity index (χ3v) is 4.16. The van der Waals surface area contributed by atoms with Crippen molar-refractivity contribution >= 4 is 0 Å². The zero-order valence-corrected chi connectivity index (χ0v) is 17.2. The molecular weight excluding hydrogens is 338 g/mol. The molecule has 0 atom stereocenters. The molecule has 2 aromatic carbocycles. The molecule has 0 aliphatic carbocycles. The zero-order chi connectivity index (χ0) is 19.6. The predicted molar refractivity (Wildman–Crippen MR) is 111 cm³/mol.